The Morgan fingerprint density at radius 1 is 0.930 bits per heavy atom. The maximum absolute atomic E-state index is 12.9. The van der Waals surface area contributed by atoms with Crippen molar-refractivity contribution >= 4 is 29.2 Å². The van der Waals surface area contributed by atoms with Gasteiger partial charge in [-0.3, -0.25) is 0 Å². The van der Waals surface area contributed by atoms with Gasteiger partial charge in [-0.2, -0.15) is 0 Å². The van der Waals surface area contributed by atoms with Crippen LogP contribution in [0.5, 0.6) is 0 Å². The van der Waals surface area contributed by atoms with Crippen LogP contribution >= 0.6 is 0 Å². The van der Waals surface area contributed by atoms with Gasteiger partial charge in [-0.25, -0.2) is 14.9 Å². The molecule has 6 rings (SSSR count). The maximum Gasteiger partial charge on any atom is 0.338 e. The van der Waals surface area contributed by atoms with Crippen LogP contribution in [0.4, 0.5) is 0 Å². The van der Waals surface area contributed by atoms with Crippen LogP contribution in [0.25, 0.3) is 45.7 Å². The topological polar surface area (TPSA) is 98.6 Å². The van der Waals surface area contributed by atoms with Gasteiger partial charge in [-0.15, -0.1) is 5.10 Å². The molecule has 1 N–H and O–H groups in total. The molecule has 6 aromatic rings. The Bertz CT molecular complexity index is 1870. The highest BCUT2D eigenvalue weighted by Gasteiger charge is 2.18. The first kappa shape index (κ1) is 27.8. The van der Waals surface area contributed by atoms with Crippen LogP contribution in [0.15, 0.2) is 91.0 Å². The number of imidazole rings is 1. The number of carbonyl (C=O) groups excluding carboxylic acids is 1. The Morgan fingerprint density at radius 2 is 1.70 bits per heavy atom. The molecule has 0 bridgehead atoms. The van der Waals surface area contributed by atoms with Crippen molar-refractivity contribution in [3.63, 3.8) is 0 Å². The first-order valence-electron chi connectivity index (χ1n) is 14.4. The molecule has 0 amide bonds. The van der Waals surface area contributed by atoms with Crippen molar-refractivity contribution in [3.8, 4) is 22.5 Å². The van der Waals surface area contributed by atoms with Crippen LogP contribution in [0.2, 0.25) is 0 Å². The minimum Gasteiger partial charge on any atom is -0.465 e. The van der Waals surface area contributed by atoms with E-state index in [1.807, 2.05) is 72.8 Å². The summed E-state index contributed by atoms with van der Waals surface area (Å²) in [6, 6.07) is 30.5. The number of benzene rings is 4. The summed E-state index contributed by atoms with van der Waals surface area (Å²) in [6.07, 6.45) is 6.90. The molecular weight excluding hydrogens is 536 g/mol. The zero-order chi connectivity index (χ0) is 29.6. The second-order valence-corrected chi connectivity index (χ2v) is 10.4. The highest BCUT2D eigenvalue weighted by atomic mass is 16.5. The number of ether oxygens (including phenoxy) is 1. The van der Waals surface area contributed by atoms with Crippen LogP contribution in [0, 0.1) is 0 Å². The van der Waals surface area contributed by atoms with E-state index < -0.39 is 0 Å². The molecule has 0 aliphatic rings. The fourth-order valence-electron chi connectivity index (χ4n) is 5.30. The first-order valence-corrected chi connectivity index (χ1v) is 14.4. The fourth-order valence-corrected chi connectivity index (χ4v) is 5.30. The van der Waals surface area contributed by atoms with Gasteiger partial charge in [0, 0.05) is 18.5 Å². The number of unbranched alkanes of at least 4 members (excludes halogenated alkanes) is 1. The summed E-state index contributed by atoms with van der Waals surface area (Å²) in [5, 5.41) is 14.4. The lowest BCUT2D eigenvalue weighted by Crippen LogP contribution is -2.07. The summed E-state index contributed by atoms with van der Waals surface area (Å²) in [7, 11) is 1.42. The van der Waals surface area contributed by atoms with E-state index in [0.717, 1.165) is 69.5 Å². The highest BCUT2D eigenvalue weighted by Crippen LogP contribution is 2.31. The average molecular weight is 569 g/mol. The van der Waals surface area contributed by atoms with E-state index in [4.69, 9.17) is 9.72 Å². The van der Waals surface area contributed by atoms with Crippen molar-refractivity contribution in [2.24, 2.45) is 0 Å². The standard InChI is InChI=1S/C35H32N6O2/c1-3-4-14-33-36-31-21-27(20-15-24-10-6-5-7-11-24)30(35(42)43-2)22-32(31)41(33)23-25-16-18-26(19-17-25)28-12-8-9-13-29(28)34-37-39-40-38-34/h5-13,15-22H,3-4,14,23H2,1-2H3,(H,37,38,39,40). The fraction of sp³-hybridized carbons (Fsp3) is 0.171. The number of hydrogen-bond donors (Lipinski definition) is 1. The Kier molecular flexibility index (Phi) is 8.17. The lowest BCUT2D eigenvalue weighted by molar-refractivity contribution is 0.0600. The maximum atomic E-state index is 12.9. The second-order valence-electron chi connectivity index (χ2n) is 10.4. The van der Waals surface area contributed by atoms with Gasteiger partial charge in [0.2, 0.25) is 0 Å². The van der Waals surface area contributed by atoms with Crippen LogP contribution in [-0.4, -0.2) is 43.3 Å². The minimum absolute atomic E-state index is 0.373. The molecule has 0 spiro atoms. The number of hydrogen-bond acceptors (Lipinski definition) is 6. The molecule has 0 fully saturated rings. The molecule has 0 atom stereocenters. The predicted octanol–water partition coefficient (Wildman–Crippen LogP) is 7.23. The van der Waals surface area contributed by atoms with Crippen LogP contribution in [0.3, 0.4) is 0 Å². The number of methoxy groups -OCH3 is 1. The molecule has 4 aromatic carbocycles. The van der Waals surface area contributed by atoms with E-state index in [-0.39, 0.29) is 5.97 Å². The molecule has 2 aromatic heterocycles. The van der Waals surface area contributed by atoms with Gasteiger partial charge in [-0.05, 0) is 56.8 Å². The summed E-state index contributed by atoms with van der Waals surface area (Å²) >= 11 is 0. The van der Waals surface area contributed by atoms with E-state index >= 15 is 0 Å². The number of H-pyrrole nitrogens is 1. The summed E-state index contributed by atoms with van der Waals surface area (Å²) in [5.74, 6) is 1.26. The largest absolute Gasteiger partial charge is 0.465 e. The highest BCUT2D eigenvalue weighted by molar-refractivity contribution is 5.99. The molecule has 43 heavy (non-hydrogen) atoms. The van der Waals surface area contributed by atoms with Gasteiger partial charge in [0.25, 0.3) is 0 Å². The third-order valence-electron chi connectivity index (χ3n) is 7.55. The van der Waals surface area contributed by atoms with E-state index in [0.29, 0.717) is 17.9 Å². The zero-order valence-corrected chi connectivity index (χ0v) is 24.2. The summed E-state index contributed by atoms with van der Waals surface area (Å²) < 4.78 is 7.41. The van der Waals surface area contributed by atoms with Crippen LogP contribution in [-0.2, 0) is 17.7 Å². The van der Waals surface area contributed by atoms with E-state index in [2.05, 4.69) is 62.4 Å². The third kappa shape index (κ3) is 5.99. The number of aromatic amines is 1. The van der Waals surface area contributed by atoms with Gasteiger partial charge >= 0.3 is 5.97 Å². The monoisotopic (exact) mass is 568 g/mol. The normalized spacial score (nSPS) is 11.4. The Hall–Kier alpha value is -5.37. The van der Waals surface area contributed by atoms with E-state index in [1.165, 1.54) is 7.11 Å². The molecule has 8 nitrogen and oxygen atoms in total. The number of esters is 1. The number of rotatable bonds is 10. The van der Waals surface area contributed by atoms with Crippen LogP contribution in [0.1, 0.15) is 52.6 Å². The molecule has 2 heterocycles. The van der Waals surface area contributed by atoms with Gasteiger partial charge < -0.3 is 9.30 Å². The molecule has 214 valence electrons. The van der Waals surface area contributed by atoms with Crippen molar-refractivity contribution in [1.82, 2.24) is 30.2 Å². The first-order chi connectivity index (χ1) is 21.1. The van der Waals surface area contributed by atoms with Crippen molar-refractivity contribution in [3.05, 3.63) is 119 Å². The van der Waals surface area contributed by atoms with Gasteiger partial charge in [0.05, 0.1) is 23.7 Å². The number of carbonyl (C=O) groups is 1. The number of tetrazole rings is 1. The smallest absolute Gasteiger partial charge is 0.338 e. The predicted molar refractivity (Wildman–Crippen MR) is 169 cm³/mol. The van der Waals surface area contributed by atoms with Crippen molar-refractivity contribution < 1.29 is 9.53 Å². The lowest BCUT2D eigenvalue weighted by Gasteiger charge is -2.12. The van der Waals surface area contributed by atoms with Crippen molar-refractivity contribution in [2.45, 2.75) is 32.7 Å². The second kappa shape index (κ2) is 12.7. The van der Waals surface area contributed by atoms with Gasteiger partial charge in [-0.1, -0.05) is 104 Å². The molecule has 0 aliphatic carbocycles. The average Bonchev–Trinajstić information content (AvgIpc) is 3.71. The number of fused-ring (bicyclic) bond motifs is 1. The minimum atomic E-state index is -0.373. The molecule has 0 saturated heterocycles. The molecule has 0 radical (unpaired) electrons. The summed E-state index contributed by atoms with van der Waals surface area (Å²) in [6.45, 7) is 2.81. The number of aryl methyl sites for hydroxylation is 1. The molecule has 0 aliphatic heterocycles. The van der Waals surface area contributed by atoms with E-state index in [9.17, 15) is 4.79 Å². The summed E-state index contributed by atoms with van der Waals surface area (Å²) in [5.41, 5.74) is 8.30. The number of nitrogens with zero attached hydrogens (tertiary/aromatic N) is 5. The molecule has 8 heteroatoms. The SMILES string of the molecule is CCCCc1nc2cc(C=Cc3ccccc3)c(C(=O)OC)cc2n1Cc1ccc(-c2ccccc2-c2nnn[nH]2)cc1. The molecule has 0 unspecified atom stereocenters. The Morgan fingerprint density at radius 3 is 2.42 bits per heavy atom. The Balaban J connectivity index is 1.37. The van der Waals surface area contributed by atoms with Gasteiger partial charge in [0.15, 0.2) is 5.82 Å². The quantitative estimate of drug-likeness (QED) is 0.138. The summed E-state index contributed by atoms with van der Waals surface area (Å²) in [4.78, 5) is 18.0. The lowest BCUT2D eigenvalue weighted by atomic mass is 9.98. The number of aromatic nitrogens is 6. The van der Waals surface area contributed by atoms with Crippen molar-refractivity contribution in [1.29, 1.82) is 0 Å². The van der Waals surface area contributed by atoms with Crippen LogP contribution < -0.4 is 0 Å². The zero-order valence-electron chi connectivity index (χ0n) is 24.2. The third-order valence-corrected chi connectivity index (χ3v) is 7.55. The van der Waals surface area contributed by atoms with E-state index in [1.54, 1.807) is 0 Å². The number of nitrogens with one attached hydrogen (secondary N) is 1. The molecular formula is C35H32N6O2. The Labute approximate surface area is 250 Å². The van der Waals surface area contributed by atoms with Crippen molar-refractivity contribution in [2.75, 3.05) is 7.11 Å². The van der Waals surface area contributed by atoms with Gasteiger partial charge in [0.1, 0.15) is 5.82 Å². The molecule has 0 saturated carbocycles.